The number of nitrogens with zero attached hydrogens (tertiary/aromatic N) is 1. The van der Waals surface area contributed by atoms with Gasteiger partial charge < -0.3 is 10.1 Å². The predicted octanol–water partition coefficient (Wildman–Crippen LogP) is 3.56. The second-order valence-corrected chi connectivity index (χ2v) is 6.78. The minimum Gasteiger partial charge on any atom is -0.453 e. The van der Waals surface area contributed by atoms with E-state index in [-0.39, 0.29) is 11.8 Å². The largest absolute Gasteiger partial charge is 0.453 e. The highest BCUT2D eigenvalue weighted by Gasteiger charge is 2.34. The zero-order valence-corrected chi connectivity index (χ0v) is 15.6. The lowest BCUT2D eigenvalue weighted by atomic mass is 9.88. The second kappa shape index (κ2) is 9.21. The number of rotatable bonds is 6. The zero-order chi connectivity index (χ0) is 19.1. The molecule has 1 unspecified atom stereocenters. The quantitative estimate of drug-likeness (QED) is 0.850. The Balaban J connectivity index is 1.63. The molecule has 1 aliphatic rings. The van der Waals surface area contributed by atoms with Crippen LogP contribution in [0.1, 0.15) is 36.3 Å². The maximum atomic E-state index is 12.6. The molecule has 5 heteroatoms. The van der Waals surface area contributed by atoms with Crippen molar-refractivity contribution >= 4 is 12.0 Å². The Labute approximate surface area is 160 Å². The van der Waals surface area contributed by atoms with Crippen LogP contribution in [-0.2, 0) is 9.53 Å². The molecular weight excluding hydrogens is 340 g/mol. The van der Waals surface area contributed by atoms with E-state index in [2.05, 4.69) is 29.6 Å². The molecule has 2 aromatic rings. The van der Waals surface area contributed by atoms with Gasteiger partial charge in [0.2, 0.25) is 5.91 Å². The minimum absolute atomic E-state index is 0.0993. The fourth-order valence-electron chi connectivity index (χ4n) is 3.73. The average Bonchev–Trinajstić information content (AvgIpc) is 3.22. The molecule has 0 aromatic heterocycles. The molecule has 1 aliphatic heterocycles. The molecule has 5 nitrogen and oxygen atoms in total. The van der Waals surface area contributed by atoms with Gasteiger partial charge in [-0.05, 0) is 30.4 Å². The van der Waals surface area contributed by atoms with Crippen LogP contribution in [0.4, 0.5) is 4.79 Å². The number of methoxy groups -OCH3 is 1. The third kappa shape index (κ3) is 4.67. The van der Waals surface area contributed by atoms with Gasteiger partial charge in [0.05, 0.1) is 7.11 Å². The number of benzene rings is 2. The number of hydrogen-bond acceptors (Lipinski definition) is 3. The molecular formula is C22H26N2O3. The summed E-state index contributed by atoms with van der Waals surface area (Å²) in [6.07, 6.45) is 1.87. The summed E-state index contributed by atoms with van der Waals surface area (Å²) in [6, 6.07) is 20.2. The van der Waals surface area contributed by atoms with Crippen LogP contribution in [0.3, 0.4) is 0 Å². The summed E-state index contributed by atoms with van der Waals surface area (Å²) in [5, 5.41) is 3.02. The highest BCUT2D eigenvalue weighted by Crippen LogP contribution is 2.27. The summed E-state index contributed by atoms with van der Waals surface area (Å²) in [7, 11) is 1.35. The molecule has 1 saturated heterocycles. The molecule has 1 atom stereocenters. The molecule has 1 fully saturated rings. The van der Waals surface area contributed by atoms with Gasteiger partial charge in [0, 0.05) is 19.0 Å². The maximum absolute atomic E-state index is 12.6. The van der Waals surface area contributed by atoms with Crippen LogP contribution in [0.15, 0.2) is 60.7 Å². The monoisotopic (exact) mass is 366 g/mol. The fraction of sp³-hybridized carbons (Fsp3) is 0.364. The van der Waals surface area contributed by atoms with Crippen molar-refractivity contribution in [2.75, 3.05) is 20.2 Å². The van der Waals surface area contributed by atoms with Crippen molar-refractivity contribution in [1.82, 2.24) is 10.2 Å². The predicted molar refractivity (Wildman–Crippen MR) is 104 cm³/mol. The molecule has 142 valence electrons. The molecule has 27 heavy (non-hydrogen) atoms. The second-order valence-electron chi connectivity index (χ2n) is 6.78. The molecule has 0 bridgehead atoms. The molecule has 1 N–H and O–H groups in total. The Morgan fingerprint density at radius 2 is 1.67 bits per heavy atom. The lowest BCUT2D eigenvalue weighted by Crippen LogP contribution is -2.46. The van der Waals surface area contributed by atoms with Gasteiger partial charge in [-0.2, -0.15) is 0 Å². The van der Waals surface area contributed by atoms with E-state index in [0.29, 0.717) is 19.5 Å². The van der Waals surface area contributed by atoms with Crippen LogP contribution in [0.2, 0.25) is 0 Å². The zero-order valence-electron chi connectivity index (χ0n) is 15.6. The van der Waals surface area contributed by atoms with Crippen LogP contribution < -0.4 is 5.32 Å². The van der Waals surface area contributed by atoms with E-state index < -0.39 is 12.1 Å². The standard InChI is InChI=1S/C22H26N2O3/c1-27-22(26)24-16-8-13-20(24)21(25)23-15-14-19(17-9-4-2-5-10-17)18-11-6-3-7-12-18/h2-7,9-12,19-20H,8,13-16H2,1H3,(H,23,25). The Kier molecular flexibility index (Phi) is 6.47. The van der Waals surface area contributed by atoms with E-state index in [1.165, 1.54) is 23.1 Å². The molecule has 0 saturated carbocycles. The van der Waals surface area contributed by atoms with Crippen molar-refractivity contribution in [1.29, 1.82) is 0 Å². The van der Waals surface area contributed by atoms with Gasteiger partial charge in [0.1, 0.15) is 6.04 Å². The van der Waals surface area contributed by atoms with Gasteiger partial charge in [0.15, 0.2) is 0 Å². The number of carbonyl (C=O) groups excluding carboxylic acids is 2. The first-order valence-electron chi connectivity index (χ1n) is 9.43. The SMILES string of the molecule is COC(=O)N1CCCC1C(=O)NCCC(c1ccccc1)c1ccccc1. The molecule has 1 heterocycles. The van der Waals surface area contributed by atoms with E-state index in [1.54, 1.807) is 0 Å². The summed E-state index contributed by atoms with van der Waals surface area (Å²) >= 11 is 0. The van der Waals surface area contributed by atoms with Gasteiger partial charge in [-0.15, -0.1) is 0 Å². The number of likely N-dealkylation sites (tertiary alicyclic amines) is 1. The normalized spacial score (nSPS) is 16.4. The topological polar surface area (TPSA) is 58.6 Å². The highest BCUT2D eigenvalue weighted by atomic mass is 16.5. The van der Waals surface area contributed by atoms with Crippen molar-refractivity contribution in [3.63, 3.8) is 0 Å². The Morgan fingerprint density at radius 3 is 2.22 bits per heavy atom. The summed E-state index contributed by atoms with van der Waals surface area (Å²) < 4.78 is 4.78. The smallest absolute Gasteiger partial charge is 0.410 e. The molecule has 2 aromatic carbocycles. The molecule has 3 rings (SSSR count). The van der Waals surface area contributed by atoms with E-state index in [4.69, 9.17) is 4.74 Å². The van der Waals surface area contributed by atoms with E-state index in [9.17, 15) is 9.59 Å². The maximum Gasteiger partial charge on any atom is 0.410 e. The third-order valence-corrected chi connectivity index (χ3v) is 5.10. The number of nitrogens with one attached hydrogen (secondary N) is 1. The summed E-state index contributed by atoms with van der Waals surface area (Å²) in [6.45, 7) is 1.13. The summed E-state index contributed by atoms with van der Waals surface area (Å²) in [5.41, 5.74) is 2.46. The van der Waals surface area contributed by atoms with Crippen LogP contribution in [0.5, 0.6) is 0 Å². The number of carbonyl (C=O) groups is 2. The van der Waals surface area contributed by atoms with Crippen molar-refractivity contribution in [3.05, 3.63) is 71.8 Å². The van der Waals surface area contributed by atoms with Gasteiger partial charge >= 0.3 is 6.09 Å². The summed E-state index contributed by atoms with van der Waals surface area (Å²) in [5.74, 6) is 0.116. The van der Waals surface area contributed by atoms with Crippen LogP contribution in [-0.4, -0.2) is 43.1 Å². The van der Waals surface area contributed by atoms with E-state index in [0.717, 1.165) is 12.8 Å². The van der Waals surface area contributed by atoms with Gasteiger partial charge in [0.25, 0.3) is 0 Å². The fourth-order valence-corrected chi connectivity index (χ4v) is 3.73. The van der Waals surface area contributed by atoms with Gasteiger partial charge in [-0.1, -0.05) is 60.7 Å². The van der Waals surface area contributed by atoms with Crippen molar-refractivity contribution in [3.8, 4) is 0 Å². The number of hydrogen-bond donors (Lipinski definition) is 1. The Morgan fingerprint density at radius 1 is 1.07 bits per heavy atom. The van der Waals surface area contributed by atoms with Gasteiger partial charge in [-0.25, -0.2) is 4.79 Å². The van der Waals surface area contributed by atoms with E-state index >= 15 is 0 Å². The van der Waals surface area contributed by atoms with Gasteiger partial charge in [-0.3, -0.25) is 9.69 Å². The Bertz CT molecular complexity index is 709. The Hall–Kier alpha value is -2.82. The lowest BCUT2D eigenvalue weighted by molar-refractivity contribution is -0.125. The van der Waals surface area contributed by atoms with E-state index in [1.807, 2.05) is 36.4 Å². The highest BCUT2D eigenvalue weighted by molar-refractivity contribution is 5.86. The number of ether oxygens (including phenoxy) is 1. The first-order valence-corrected chi connectivity index (χ1v) is 9.43. The first-order chi connectivity index (χ1) is 13.2. The summed E-state index contributed by atoms with van der Waals surface area (Å²) in [4.78, 5) is 25.9. The molecule has 0 aliphatic carbocycles. The molecule has 2 amide bonds. The van der Waals surface area contributed by atoms with Crippen molar-refractivity contribution in [2.24, 2.45) is 0 Å². The lowest BCUT2D eigenvalue weighted by Gasteiger charge is -2.23. The third-order valence-electron chi connectivity index (χ3n) is 5.10. The van der Waals surface area contributed by atoms with Crippen molar-refractivity contribution < 1.29 is 14.3 Å². The van der Waals surface area contributed by atoms with Crippen LogP contribution in [0.25, 0.3) is 0 Å². The molecule has 0 radical (unpaired) electrons. The number of amides is 2. The average molecular weight is 366 g/mol. The van der Waals surface area contributed by atoms with Crippen LogP contribution >= 0.6 is 0 Å². The van der Waals surface area contributed by atoms with Crippen LogP contribution in [0, 0.1) is 0 Å². The first kappa shape index (κ1) is 19.0. The molecule has 0 spiro atoms. The minimum atomic E-state index is -0.431. The van der Waals surface area contributed by atoms with Crippen molar-refractivity contribution in [2.45, 2.75) is 31.2 Å².